The molecule has 1 aliphatic carbocycles. The molecule has 0 heterocycles. The molecule has 3 N–H and O–H groups in total. The largest absolute Gasteiger partial charge is 0.355 e. The molecule has 4 aromatic carbocycles. The van der Waals surface area contributed by atoms with Crippen molar-refractivity contribution < 1.29 is 18.9 Å². The molecule has 1 saturated carbocycles. The number of nitrogens with one attached hydrogen (secondary N) is 1. The van der Waals surface area contributed by atoms with Crippen LogP contribution in [0, 0.1) is 5.92 Å². The van der Waals surface area contributed by atoms with Crippen LogP contribution in [0.15, 0.2) is 103 Å². The highest BCUT2D eigenvalue weighted by Gasteiger charge is 2.51. The Morgan fingerprint density at radius 2 is 1.45 bits per heavy atom. The monoisotopic (exact) mass is 562 g/mol. The molecule has 4 aromatic rings. The summed E-state index contributed by atoms with van der Waals surface area (Å²) < 4.78 is -0.528. The molecule has 0 unspecified atom stereocenters. The second-order valence-electron chi connectivity index (χ2n) is 11.4. The van der Waals surface area contributed by atoms with Crippen LogP contribution in [0.25, 0.3) is 10.8 Å². The molecule has 0 bridgehead atoms. The lowest BCUT2D eigenvalue weighted by Crippen LogP contribution is -2.69. The topological polar surface area (TPSA) is 89.3 Å². The number of imide groups is 1. The third-order valence-corrected chi connectivity index (χ3v) is 8.77. The van der Waals surface area contributed by atoms with Crippen molar-refractivity contribution in [2.75, 3.05) is 6.54 Å². The van der Waals surface area contributed by atoms with E-state index in [9.17, 15) is 14.4 Å². The number of rotatable bonds is 9. The summed E-state index contributed by atoms with van der Waals surface area (Å²) in [6.45, 7) is 2.05. The number of fused-ring (bicyclic) bond motifs is 1. The fraction of sp³-hybridized carbons (Fsp3) is 0.306. The number of likely N-dealkylation sites (N-methyl/N-ethyl adjacent to an activating group) is 1. The summed E-state index contributed by atoms with van der Waals surface area (Å²) in [5, 5.41) is 5.40. The zero-order valence-corrected chi connectivity index (χ0v) is 24.2. The van der Waals surface area contributed by atoms with E-state index in [1.165, 1.54) is 0 Å². The lowest BCUT2D eigenvalue weighted by Gasteiger charge is -2.40. The van der Waals surface area contributed by atoms with Gasteiger partial charge in [-0.05, 0) is 53.8 Å². The van der Waals surface area contributed by atoms with Crippen molar-refractivity contribution in [3.63, 3.8) is 0 Å². The van der Waals surface area contributed by atoms with Crippen LogP contribution < -0.4 is 11.1 Å². The average molecular weight is 563 g/mol. The van der Waals surface area contributed by atoms with Gasteiger partial charge < -0.3 is 11.1 Å². The van der Waals surface area contributed by atoms with E-state index in [0.29, 0.717) is 18.4 Å². The van der Waals surface area contributed by atoms with E-state index in [-0.39, 0.29) is 42.6 Å². The molecular formula is C36H40N3O3+. The lowest BCUT2D eigenvalue weighted by molar-refractivity contribution is -0.801. The predicted octanol–water partition coefficient (Wildman–Crippen LogP) is 5.79. The van der Waals surface area contributed by atoms with Gasteiger partial charge in [-0.25, -0.2) is 9.59 Å². The summed E-state index contributed by atoms with van der Waals surface area (Å²) in [4.78, 5) is 43.0. The Labute approximate surface area is 248 Å². The lowest BCUT2D eigenvalue weighted by atomic mass is 9.84. The maximum Gasteiger partial charge on any atom is 0.355 e. The Bertz CT molecular complexity index is 1540. The number of amides is 3. The smallest absolute Gasteiger partial charge is 0.327 e. The van der Waals surface area contributed by atoms with Gasteiger partial charge in [-0.3, -0.25) is 4.79 Å². The summed E-state index contributed by atoms with van der Waals surface area (Å²) >= 11 is 0. The number of carbonyl (C=O) groups excluding carboxylic acids is 3. The van der Waals surface area contributed by atoms with E-state index in [1.54, 1.807) is 24.3 Å². The summed E-state index contributed by atoms with van der Waals surface area (Å²) in [5.41, 5.74) is 8.63. The van der Waals surface area contributed by atoms with Gasteiger partial charge in [0, 0.05) is 12.5 Å². The van der Waals surface area contributed by atoms with Crippen molar-refractivity contribution >= 4 is 28.5 Å². The van der Waals surface area contributed by atoms with Crippen molar-refractivity contribution in [3.8, 4) is 0 Å². The Morgan fingerprint density at radius 3 is 2.14 bits per heavy atom. The van der Waals surface area contributed by atoms with E-state index < -0.39 is 10.6 Å². The highest BCUT2D eigenvalue weighted by atomic mass is 16.2. The van der Waals surface area contributed by atoms with Gasteiger partial charge in [0.1, 0.15) is 0 Å². The molecular weight excluding hydrogens is 522 g/mol. The molecule has 42 heavy (non-hydrogen) atoms. The molecule has 4 atom stereocenters. The summed E-state index contributed by atoms with van der Waals surface area (Å²) in [6, 6.07) is 32.4. The molecule has 216 valence electrons. The van der Waals surface area contributed by atoms with E-state index in [0.717, 1.165) is 41.2 Å². The van der Waals surface area contributed by atoms with Crippen LogP contribution in [0.4, 0.5) is 0 Å². The van der Waals surface area contributed by atoms with Gasteiger partial charge in [-0.15, -0.1) is 0 Å². The third-order valence-electron chi connectivity index (χ3n) is 8.77. The molecule has 6 heteroatoms. The van der Waals surface area contributed by atoms with Gasteiger partial charge >= 0.3 is 11.8 Å². The highest BCUT2D eigenvalue weighted by Crippen LogP contribution is 2.28. The Morgan fingerprint density at radius 1 is 0.810 bits per heavy atom. The van der Waals surface area contributed by atoms with Crippen LogP contribution in [0.2, 0.25) is 0 Å². The van der Waals surface area contributed by atoms with Crippen molar-refractivity contribution in [2.45, 2.75) is 57.7 Å². The molecule has 0 saturated heterocycles. The van der Waals surface area contributed by atoms with E-state index in [2.05, 4.69) is 17.4 Å². The summed E-state index contributed by atoms with van der Waals surface area (Å²) in [7, 11) is 0. The number of quaternary nitrogens is 1. The molecule has 0 aliphatic heterocycles. The minimum absolute atomic E-state index is 0.0697. The van der Waals surface area contributed by atoms with E-state index >= 15 is 0 Å². The SMILES string of the molecule is CC[N@+](C(=O)Cc1ccccc1)(C(=O)c1ccccc1)[C@H](Cc1ccc2ccccc2c1)NC(=O)[C@@H]1CCCC[C@@H]1N. The number of hydrogen-bond donors (Lipinski definition) is 2. The zero-order chi connectivity index (χ0) is 29.5. The average Bonchev–Trinajstić information content (AvgIpc) is 3.02. The Balaban J connectivity index is 1.61. The van der Waals surface area contributed by atoms with Crippen LogP contribution in [0.5, 0.6) is 0 Å². The van der Waals surface area contributed by atoms with Crippen LogP contribution in [-0.4, -0.2) is 41.0 Å². The molecule has 0 radical (unpaired) electrons. The van der Waals surface area contributed by atoms with Crippen molar-refractivity contribution in [1.82, 2.24) is 5.32 Å². The van der Waals surface area contributed by atoms with Crippen LogP contribution in [0.1, 0.15) is 54.1 Å². The molecule has 6 nitrogen and oxygen atoms in total. The predicted molar refractivity (Wildman–Crippen MR) is 166 cm³/mol. The van der Waals surface area contributed by atoms with Crippen molar-refractivity contribution in [1.29, 1.82) is 0 Å². The number of benzene rings is 4. The number of carbonyl (C=O) groups is 3. The van der Waals surface area contributed by atoms with Crippen molar-refractivity contribution in [2.24, 2.45) is 11.7 Å². The second-order valence-corrected chi connectivity index (χ2v) is 11.4. The first-order valence-corrected chi connectivity index (χ1v) is 15.0. The Kier molecular flexibility index (Phi) is 9.25. The normalized spacial score (nSPS) is 19.0. The molecule has 1 aliphatic rings. The zero-order valence-electron chi connectivity index (χ0n) is 24.2. The molecule has 0 aromatic heterocycles. The number of hydrogen-bond acceptors (Lipinski definition) is 4. The number of nitrogens with two attached hydrogens (primary N) is 1. The quantitative estimate of drug-likeness (QED) is 0.200. The number of nitrogens with zero attached hydrogens (tertiary/aromatic N) is 1. The third kappa shape index (κ3) is 6.20. The summed E-state index contributed by atoms with van der Waals surface area (Å²) in [5.74, 6) is -1.11. The molecule has 5 rings (SSSR count). The van der Waals surface area contributed by atoms with Gasteiger partial charge in [0.15, 0.2) is 6.17 Å². The first-order valence-electron chi connectivity index (χ1n) is 15.0. The van der Waals surface area contributed by atoms with E-state index in [4.69, 9.17) is 5.73 Å². The highest BCUT2D eigenvalue weighted by molar-refractivity contribution is 5.97. The van der Waals surface area contributed by atoms with Gasteiger partial charge in [-0.2, -0.15) is 4.48 Å². The fourth-order valence-electron chi connectivity index (χ4n) is 6.35. The van der Waals surface area contributed by atoms with Crippen LogP contribution >= 0.6 is 0 Å². The minimum Gasteiger partial charge on any atom is -0.327 e. The minimum atomic E-state index is -0.818. The standard InChI is InChI=1S/C36H39N3O3/c1-2-39(36(42)29-16-7-4-8-17-29,34(40)25-26-13-5-3-6-14-26)33(38-35(41)31-19-11-12-20-32(31)37)24-27-21-22-28-15-9-10-18-30(28)23-27/h3-10,13-18,21-23,31-33H,2,11-12,19-20,24-25,37H2,1H3/p+1/t31-,32+,33-,39+/m1/s1. The molecule has 1 fully saturated rings. The molecule has 3 amide bonds. The van der Waals surface area contributed by atoms with Gasteiger partial charge in [0.05, 0.1) is 24.4 Å². The van der Waals surface area contributed by atoms with Gasteiger partial charge in [-0.1, -0.05) is 104 Å². The maximum absolute atomic E-state index is 14.6. The molecule has 0 spiro atoms. The van der Waals surface area contributed by atoms with Crippen LogP contribution in [-0.2, 0) is 22.4 Å². The second kappa shape index (κ2) is 13.2. The Hall–Kier alpha value is -4.13. The van der Waals surface area contributed by atoms with Crippen LogP contribution in [0.3, 0.4) is 0 Å². The summed E-state index contributed by atoms with van der Waals surface area (Å²) in [6.07, 6.45) is 2.99. The van der Waals surface area contributed by atoms with Crippen molar-refractivity contribution in [3.05, 3.63) is 120 Å². The van der Waals surface area contributed by atoms with E-state index in [1.807, 2.05) is 73.7 Å². The maximum atomic E-state index is 14.6. The fourth-order valence-corrected chi connectivity index (χ4v) is 6.35. The van der Waals surface area contributed by atoms with Gasteiger partial charge in [0.25, 0.3) is 0 Å². The van der Waals surface area contributed by atoms with Gasteiger partial charge in [0.2, 0.25) is 5.91 Å². The first-order chi connectivity index (χ1) is 20.4. The first kappa shape index (κ1) is 29.4.